The Bertz CT molecular complexity index is 1010. The first kappa shape index (κ1) is 20.4. The number of alkyl halides is 3. The van der Waals surface area contributed by atoms with Gasteiger partial charge in [0.05, 0.1) is 11.3 Å². The highest BCUT2D eigenvalue weighted by atomic mass is 19.4. The van der Waals surface area contributed by atoms with Crippen LogP contribution in [0.4, 0.5) is 13.2 Å². The average molecular weight is 408 g/mol. The van der Waals surface area contributed by atoms with Crippen LogP contribution in [0.15, 0.2) is 34.9 Å². The van der Waals surface area contributed by atoms with E-state index >= 15 is 0 Å². The van der Waals surface area contributed by atoms with Gasteiger partial charge in [0.15, 0.2) is 6.61 Å². The number of hydrogen-bond donors (Lipinski definition) is 1. The van der Waals surface area contributed by atoms with E-state index in [2.05, 4.69) is 15.6 Å². The van der Waals surface area contributed by atoms with Gasteiger partial charge in [0.25, 0.3) is 5.91 Å². The lowest BCUT2D eigenvalue weighted by Crippen LogP contribution is -2.24. The number of carbonyl (C=O) groups is 1. The van der Waals surface area contributed by atoms with Crippen molar-refractivity contribution in [2.45, 2.75) is 26.6 Å². The van der Waals surface area contributed by atoms with Gasteiger partial charge in [0.1, 0.15) is 17.0 Å². The minimum absolute atomic E-state index is 0.0795. The number of ether oxygens (including phenoxy) is 1. The molecule has 0 saturated heterocycles. The van der Waals surface area contributed by atoms with Gasteiger partial charge >= 0.3 is 6.18 Å². The summed E-state index contributed by atoms with van der Waals surface area (Å²) in [7, 11) is 1.45. The Kier molecular flexibility index (Phi) is 5.62. The molecule has 0 aliphatic heterocycles. The van der Waals surface area contributed by atoms with Gasteiger partial charge in [-0.05, 0) is 19.4 Å². The Morgan fingerprint density at radius 3 is 2.59 bits per heavy atom. The molecular formula is C19H19F3N4O3. The molecule has 1 N–H and O–H groups in total. The van der Waals surface area contributed by atoms with Crippen molar-refractivity contribution in [2.75, 3.05) is 6.61 Å². The third kappa shape index (κ3) is 4.58. The van der Waals surface area contributed by atoms with Gasteiger partial charge in [-0.25, -0.2) is 4.68 Å². The Balaban J connectivity index is 1.92. The van der Waals surface area contributed by atoms with Crippen molar-refractivity contribution < 1.29 is 27.2 Å². The number of aryl methyl sites for hydroxylation is 3. The van der Waals surface area contributed by atoms with Crippen LogP contribution in [0, 0.1) is 13.8 Å². The predicted molar refractivity (Wildman–Crippen MR) is 97.3 cm³/mol. The van der Waals surface area contributed by atoms with Crippen molar-refractivity contribution >= 4 is 5.91 Å². The summed E-state index contributed by atoms with van der Waals surface area (Å²) < 4.78 is 49.2. The number of nitrogens with one attached hydrogen (secondary N) is 1. The van der Waals surface area contributed by atoms with Crippen LogP contribution in [0.1, 0.15) is 27.4 Å². The molecule has 0 bridgehead atoms. The quantitative estimate of drug-likeness (QED) is 0.674. The second-order valence-corrected chi connectivity index (χ2v) is 6.42. The number of nitrogens with zero attached hydrogens (tertiary/aromatic N) is 3. The van der Waals surface area contributed by atoms with E-state index < -0.39 is 18.7 Å². The van der Waals surface area contributed by atoms with E-state index in [1.165, 1.54) is 11.7 Å². The van der Waals surface area contributed by atoms with Crippen LogP contribution in [0.3, 0.4) is 0 Å². The van der Waals surface area contributed by atoms with Crippen LogP contribution in [-0.2, 0) is 13.6 Å². The summed E-state index contributed by atoms with van der Waals surface area (Å²) in [6, 6.07) is 9.27. The number of benzene rings is 1. The van der Waals surface area contributed by atoms with Gasteiger partial charge in [0, 0.05) is 13.6 Å². The maximum Gasteiger partial charge on any atom is 0.422 e. The summed E-state index contributed by atoms with van der Waals surface area (Å²) in [4.78, 5) is 12.8. The molecule has 0 unspecified atom stereocenters. The molecule has 0 fully saturated rings. The number of carbonyl (C=O) groups excluding carboxylic acids is 1. The van der Waals surface area contributed by atoms with E-state index in [0.717, 1.165) is 5.56 Å². The van der Waals surface area contributed by atoms with E-state index in [-0.39, 0.29) is 35.0 Å². The number of aromatic nitrogens is 3. The molecule has 3 rings (SSSR count). The van der Waals surface area contributed by atoms with Crippen molar-refractivity contribution in [3.8, 4) is 17.1 Å². The molecule has 2 heterocycles. The van der Waals surface area contributed by atoms with Crippen LogP contribution < -0.4 is 10.1 Å². The van der Waals surface area contributed by atoms with Crippen LogP contribution in [0.25, 0.3) is 11.3 Å². The predicted octanol–water partition coefficient (Wildman–Crippen LogP) is 3.56. The Hall–Kier alpha value is -3.30. The van der Waals surface area contributed by atoms with Gasteiger partial charge in [-0.3, -0.25) is 4.79 Å². The second kappa shape index (κ2) is 7.98. The zero-order valence-electron chi connectivity index (χ0n) is 16.0. The highest BCUT2D eigenvalue weighted by Gasteiger charge is 2.32. The smallest absolute Gasteiger partial charge is 0.422 e. The lowest BCUT2D eigenvalue weighted by Gasteiger charge is -2.11. The summed E-state index contributed by atoms with van der Waals surface area (Å²) in [5, 5.41) is 10.8. The molecule has 0 aliphatic carbocycles. The molecule has 29 heavy (non-hydrogen) atoms. The monoisotopic (exact) mass is 408 g/mol. The van der Waals surface area contributed by atoms with Crippen LogP contribution in [0.5, 0.6) is 5.88 Å². The molecule has 0 radical (unpaired) electrons. The fourth-order valence-electron chi connectivity index (χ4n) is 2.90. The van der Waals surface area contributed by atoms with Gasteiger partial charge in [-0.15, -0.1) is 0 Å². The number of hydrogen-bond acceptors (Lipinski definition) is 5. The van der Waals surface area contributed by atoms with E-state index in [4.69, 9.17) is 9.26 Å². The third-order valence-corrected chi connectivity index (χ3v) is 4.16. The third-order valence-electron chi connectivity index (χ3n) is 4.16. The summed E-state index contributed by atoms with van der Waals surface area (Å²) in [6.45, 7) is 1.92. The van der Waals surface area contributed by atoms with Gasteiger partial charge in [0.2, 0.25) is 5.88 Å². The Labute approximate surface area is 164 Å². The summed E-state index contributed by atoms with van der Waals surface area (Å²) in [6.07, 6.45) is -4.52. The molecule has 1 aromatic carbocycles. The minimum atomic E-state index is -4.52. The SMILES string of the molecule is Cc1nn(C)c(OCC(F)(F)F)c1-c1noc(C)c1C(=O)NCc1ccccc1. The minimum Gasteiger partial charge on any atom is -0.468 e. The maximum absolute atomic E-state index is 12.8. The fourth-order valence-corrected chi connectivity index (χ4v) is 2.90. The van der Waals surface area contributed by atoms with Crippen LogP contribution >= 0.6 is 0 Å². The van der Waals surface area contributed by atoms with Crippen molar-refractivity contribution in [2.24, 2.45) is 7.05 Å². The lowest BCUT2D eigenvalue weighted by molar-refractivity contribution is -0.154. The molecule has 10 heteroatoms. The Morgan fingerprint density at radius 2 is 1.93 bits per heavy atom. The van der Waals surface area contributed by atoms with Gasteiger partial charge < -0.3 is 14.6 Å². The zero-order valence-corrected chi connectivity index (χ0v) is 16.0. The molecule has 0 saturated carbocycles. The summed E-state index contributed by atoms with van der Waals surface area (Å²) >= 11 is 0. The Morgan fingerprint density at radius 1 is 1.24 bits per heavy atom. The van der Waals surface area contributed by atoms with Crippen LogP contribution in [0.2, 0.25) is 0 Å². The van der Waals surface area contributed by atoms with Crippen LogP contribution in [-0.4, -0.2) is 33.6 Å². The number of halogens is 3. The van der Waals surface area contributed by atoms with Crippen molar-refractivity contribution in [1.82, 2.24) is 20.3 Å². The fraction of sp³-hybridized carbons (Fsp3) is 0.316. The maximum atomic E-state index is 12.8. The van der Waals surface area contributed by atoms with E-state index in [1.54, 1.807) is 13.8 Å². The topological polar surface area (TPSA) is 82.2 Å². The highest BCUT2D eigenvalue weighted by molar-refractivity contribution is 6.01. The average Bonchev–Trinajstić information content (AvgIpc) is 3.16. The molecule has 7 nitrogen and oxygen atoms in total. The molecule has 0 spiro atoms. The van der Waals surface area contributed by atoms with Crippen molar-refractivity contribution in [1.29, 1.82) is 0 Å². The first-order valence-corrected chi connectivity index (χ1v) is 8.69. The first-order valence-electron chi connectivity index (χ1n) is 8.69. The largest absolute Gasteiger partial charge is 0.468 e. The molecule has 154 valence electrons. The van der Waals surface area contributed by atoms with Gasteiger partial charge in [-0.1, -0.05) is 35.5 Å². The number of rotatable bonds is 6. The van der Waals surface area contributed by atoms with Crippen molar-refractivity contribution in [3.63, 3.8) is 0 Å². The van der Waals surface area contributed by atoms with E-state index in [9.17, 15) is 18.0 Å². The normalized spacial score (nSPS) is 11.5. The highest BCUT2D eigenvalue weighted by Crippen LogP contribution is 2.36. The summed E-state index contributed by atoms with van der Waals surface area (Å²) in [5.74, 6) is -0.381. The molecule has 0 aliphatic rings. The zero-order chi connectivity index (χ0) is 21.2. The number of amides is 1. The van der Waals surface area contributed by atoms with E-state index in [0.29, 0.717) is 5.69 Å². The standard InChI is InChI=1S/C19H19F3N4O3/c1-11-14(18(26(3)24-11)28-10-19(20,21)22)16-15(12(2)29-25-16)17(27)23-9-13-7-5-4-6-8-13/h4-8H,9-10H2,1-3H3,(H,23,27). The molecule has 0 atom stereocenters. The molecule has 3 aromatic rings. The lowest BCUT2D eigenvalue weighted by atomic mass is 10.1. The molecule has 2 aromatic heterocycles. The molecular weight excluding hydrogens is 389 g/mol. The second-order valence-electron chi connectivity index (χ2n) is 6.42. The summed E-state index contributed by atoms with van der Waals surface area (Å²) in [5.41, 5.74) is 1.63. The molecule has 1 amide bonds. The van der Waals surface area contributed by atoms with E-state index in [1.807, 2.05) is 30.3 Å². The van der Waals surface area contributed by atoms with Gasteiger partial charge in [-0.2, -0.15) is 18.3 Å². The van der Waals surface area contributed by atoms with Crippen molar-refractivity contribution in [3.05, 3.63) is 52.9 Å². The first-order chi connectivity index (χ1) is 13.7.